The fourth-order valence-electron chi connectivity index (χ4n) is 3.59. The van der Waals surface area contributed by atoms with Gasteiger partial charge in [0.15, 0.2) is 5.78 Å². The summed E-state index contributed by atoms with van der Waals surface area (Å²) in [6, 6.07) is 17.2. The molecule has 6 nitrogen and oxygen atoms in total. The number of nitrogens with one attached hydrogen (secondary N) is 1. The van der Waals surface area contributed by atoms with Crippen molar-refractivity contribution < 1.29 is 4.79 Å². The van der Waals surface area contributed by atoms with Crippen LogP contribution in [0.3, 0.4) is 0 Å². The van der Waals surface area contributed by atoms with Crippen molar-refractivity contribution in [3.8, 4) is 11.3 Å². The Hall–Kier alpha value is -3.80. The van der Waals surface area contributed by atoms with Gasteiger partial charge in [0, 0.05) is 29.4 Å². The van der Waals surface area contributed by atoms with Crippen molar-refractivity contribution in [3.05, 3.63) is 82.3 Å². The van der Waals surface area contributed by atoms with E-state index in [1.54, 1.807) is 6.20 Å². The highest BCUT2D eigenvalue weighted by Crippen LogP contribution is 2.30. The van der Waals surface area contributed by atoms with Gasteiger partial charge in [-0.15, -0.1) is 0 Å². The zero-order chi connectivity index (χ0) is 21.3. The fourth-order valence-corrected chi connectivity index (χ4v) is 3.59. The summed E-state index contributed by atoms with van der Waals surface area (Å²) in [5.74, 6) is -0.222. The van der Waals surface area contributed by atoms with Crippen molar-refractivity contribution in [2.24, 2.45) is 0 Å². The molecule has 2 aromatic heterocycles. The van der Waals surface area contributed by atoms with Gasteiger partial charge >= 0.3 is 0 Å². The van der Waals surface area contributed by atoms with Crippen LogP contribution in [-0.4, -0.2) is 20.5 Å². The van der Waals surface area contributed by atoms with Gasteiger partial charge in [-0.25, -0.2) is 4.68 Å². The van der Waals surface area contributed by atoms with Gasteiger partial charge in [-0.3, -0.25) is 14.6 Å². The van der Waals surface area contributed by atoms with Gasteiger partial charge in [-0.05, 0) is 51.1 Å². The monoisotopic (exact) mass is 398 g/mol. The molecule has 0 saturated heterocycles. The number of hydrogen-bond acceptors (Lipinski definition) is 5. The number of benzene rings is 2. The van der Waals surface area contributed by atoms with Crippen molar-refractivity contribution in [3.63, 3.8) is 0 Å². The second-order valence-electron chi connectivity index (χ2n) is 7.15. The minimum Gasteiger partial charge on any atom is -0.350 e. The van der Waals surface area contributed by atoms with Crippen molar-refractivity contribution >= 4 is 28.1 Å². The Morgan fingerprint density at radius 2 is 1.90 bits per heavy atom. The fraction of sp³-hybridized carbons (Fsp3) is 0.167. The van der Waals surface area contributed by atoms with E-state index in [4.69, 9.17) is 0 Å². The molecule has 0 aliphatic rings. The normalized spacial score (nSPS) is 10.9. The molecule has 0 amide bonds. The molecule has 4 aromatic rings. The molecular weight excluding hydrogens is 376 g/mol. The predicted octanol–water partition coefficient (Wildman–Crippen LogP) is 4.73. The molecule has 0 unspecified atom stereocenters. The first-order chi connectivity index (χ1) is 14.5. The summed E-state index contributed by atoms with van der Waals surface area (Å²) in [4.78, 5) is 30.3. The lowest BCUT2D eigenvalue weighted by Gasteiger charge is -2.17. The van der Waals surface area contributed by atoms with Crippen molar-refractivity contribution in [2.45, 2.75) is 27.3 Å². The maximum absolute atomic E-state index is 13.2. The van der Waals surface area contributed by atoms with Gasteiger partial charge in [-0.2, -0.15) is 5.10 Å². The summed E-state index contributed by atoms with van der Waals surface area (Å²) in [6.07, 6.45) is 1.72. The third kappa shape index (κ3) is 3.48. The number of carbonyl (C=O) groups is 1. The highest BCUT2D eigenvalue weighted by molar-refractivity contribution is 6.06. The van der Waals surface area contributed by atoms with Crippen LogP contribution in [0.15, 0.2) is 65.6 Å². The van der Waals surface area contributed by atoms with Crippen LogP contribution in [0.4, 0.5) is 11.4 Å². The highest BCUT2D eigenvalue weighted by atomic mass is 16.1. The SMILES string of the molecule is CCn1nc(-c2cccc(C)c2)c(C(C)=O)c(Nc2cccc3ncccc23)c1=O. The molecule has 6 heteroatoms. The van der Waals surface area contributed by atoms with Gasteiger partial charge in [0.1, 0.15) is 11.4 Å². The van der Waals surface area contributed by atoms with Crippen LogP contribution in [0.2, 0.25) is 0 Å². The molecule has 0 atom stereocenters. The van der Waals surface area contributed by atoms with E-state index in [1.165, 1.54) is 11.6 Å². The lowest BCUT2D eigenvalue weighted by atomic mass is 10.0. The van der Waals surface area contributed by atoms with E-state index >= 15 is 0 Å². The van der Waals surface area contributed by atoms with Gasteiger partial charge in [0.25, 0.3) is 5.56 Å². The van der Waals surface area contributed by atoms with Crippen LogP contribution in [0.1, 0.15) is 29.8 Å². The van der Waals surface area contributed by atoms with E-state index < -0.39 is 0 Å². The summed E-state index contributed by atoms with van der Waals surface area (Å²) in [5, 5.41) is 8.62. The van der Waals surface area contributed by atoms with Gasteiger partial charge in [-0.1, -0.05) is 29.8 Å². The van der Waals surface area contributed by atoms with Crippen LogP contribution < -0.4 is 10.9 Å². The number of rotatable bonds is 5. The minimum atomic E-state index is -0.333. The Balaban J connectivity index is 2.00. The van der Waals surface area contributed by atoms with Crippen LogP contribution in [0.25, 0.3) is 22.2 Å². The number of nitrogens with zero attached hydrogens (tertiary/aromatic N) is 3. The molecule has 1 N–H and O–H groups in total. The molecule has 2 aromatic carbocycles. The topological polar surface area (TPSA) is 76.9 Å². The molecule has 150 valence electrons. The molecule has 0 aliphatic carbocycles. The smallest absolute Gasteiger partial charge is 0.291 e. The molecule has 0 saturated carbocycles. The zero-order valence-electron chi connectivity index (χ0n) is 17.1. The largest absolute Gasteiger partial charge is 0.350 e. The maximum atomic E-state index is 13.2. The second kappa shape index (κ2) is 7.91. The molecule has 0 radical (unpaired) electrons. The summed E-state index contributed by atoms with van der Waals surface area (Å²) in [7, 11) is 0. The molecule has 4 rings (SSSR count). The minimum absolute atomic E-state index is 0.222. The standard InChI is InChI=1S/C24H22N4O2/c1-4-28-24(30)23(26-20-12-6-11-19-18(20)10-7-13-25-19)21(16(3)29)22(27-28)17-9-5-8-15(2)14-17/h5-14,26H,4H2,1-3H3. The summed E-state index contributed by atoms with van der Waals surface area (Å²) in [6.45, 7) is 5.69. The third-order valence-corrected chi connectivity index (χ3v) is 5.00. The number of aromatic nitrogens is 3. The number of hydrogen-bond donors (Lipinski definition) is 1. The van der Waals surface area contributed by atoms with Crippen LogP contribution in [-0.2, 0) is 6.54 Å². The summed E-state index contributed by atoms with van der Waals surface area (Å²) >= 11 is 0. The van der Waals surface area contributed by atoms with Crippen molar-refractivity contribution in [2.75, 3.05) is 5.32 Å². The number of ketones is 1. The van der Waals surface area contributed by atoms with E-state index in [2.05, 4.69) is 15.4 Å². The summed E-state index contributed by atoms with van der Waals surface area (Å²) in [5.41, 5.74) is 4.04. The number of pyridine rings is 1. The van der Waals surface area contributed by atoms with Crippen molar-refractivity contribution in [1.82, 2.24) is 14.8 Å². The third-order valence-electron chi connectivity index (χ3n) is 5.00. The number of Topliss-reactive ketones (excluding diaryl/α,β-unsaturated/α-hetero) is 1. The predicted molar refractivity (Wildman–Crippen MR) is 119 cm³/mol. The number of aryl methyl sites for hydroxylation is 2. The molecule has 2 heterocycles. The van der Waals surface area contributed by atoms with Crippen LogP contribution in [0, 0.1) is 6.92 Å². The van der Waals surface area contributed by atoms with E-state index in [1.807, 2.05) is 68.4 Å². The first-order valence-electron chi connectivity index (χ1n) is 9.83. The molecular formula is C24H22N4O2. The van der Waals surface area contributed by atoms with E-state index in [9.17, 15) is 9.59 Å². The number of anilines is 2. The lowest BCUT2D eigenvalue weighted by Crippen LogP contribution is -2.28. The summed E-state index contributed by atoms with van der Waals surface area (Å²) < 4.78 is 1.38. The highest BCUT2D eigenvalue weighted by Gasteiger charge is 2.22. The van der Waals surface area contributed by atoms with Crippen molar-refractivity contribution in [1.29, 1.82) is 0 Å². The van der Waals surface area contributed by atoms with E-state index in [0.717, 1.165) is 22.0 Å². The maximum Gasteiger partial charge on any atom is 0.291 e. The lowest BCUT2D eigenvalue weighted by molar-refractivity contribution is 0.101. The molecule has 0 aliphatic heterocycles. The Labute approximate surface area is 174 Å². The zero-order valence-corrected chi connectivity index (χ0v) is 17.1. The Kier molecular flexibility index (Phi) is 5.14. The Bertz CT molecular complexity index is 1320. The molecule has 30 heavy (non-hydrogen) atoms. The second-order valence-corrected chi connectivity index (χ2v) is 7.15. The first-order valence-corrected chi connectivity index (χ1v) is 9.83. The first kappa shape index (κ1) is 19.5. The Morgan fingerprint density at radius 1 is 1.10 bits per heavy atom. The quantitative estimate of drug-likeness (QED) is 0.492. The van der Waals surface area contributed by atoms with Crippen LogP contribution >= 0.6 is 0 Å². The van der Waals surface area contributed by atoms with Gasteiger partial charge in [0.05, 0.1) is 11.1 Å². The van der Waals surface area contributed by atoms with E-state index in [0.29, 0.717) is 17.9 Å². The van der Waals surface area contributed by atoms with Gasteiger partial charge in [0.2, 0.25) is 0 Å². The number of fused-ring (bicyclic) bond motifs is 1. The van der Waals surface area contributed by atoms with Crippen LogP contribution in [0.5, 0.6) is 0 Å². The number of carbonyl (C=O) groups excluding carboxylic acids is 1. The van der Waals surface area contributed by atoms with Gasteiger partial charge < -0.3 is 5.32 Å². The average Bonchev–Trinajstić information content (AvgIpc) is 2.75. The van der Waals surface area contributed by atoms with E-state index in [-0.39, 0.29) is 22.6 Å². The Morgan fingerprint density at radius 3 is 2.63 bits per heavy atom. The average molecular weight is 398 g/mol. The molecule has 0 bridgehead atoms. The molecule has 0 fully saturated rings. The molecule has 0 spiro atoms.